The Labute approximate surface area is 73.1 Å². The predicted molar refractivity (Wildman–Crippen MR) is 47.7 cm³/mol. The van der Waals surface area contributed by atoms with Gasteiger partial charge in [-0.15, -0.1) is 0 Å². The maximum absolute atomic E-state index is 10.4. The lowest BCUT2D eigenvalue weighted by Crippen LogP contribution is -2.48. The molecule has 12 heavy (non-hydrogen) atoms. The van der Waals surface area contributed by atoms with Crippen molar-refractivity contribution in [3.63, 3.8) is 0 Å². The summed E-state index contributed by atoms with van der Waals surface area (Å²) in [4.78, 5) is 12.6. The summed E-state index contributed by atoms with van der Waals surface area (Å²) in [5.74, 6) is 0.538. The van der Waals surface area contributed by atoms with Crippen molar-refractivity contribution in [2.75, 3.05) is 33.2 Å². The van der Waals surface area contributed by atoms with E-state index in [2.05, 4.69) is 17.3 Å². The highest BCUT2D eigenvalue weighted by atomic mass is 16.1. The number of nitrogens with zero attached hydrogens (tertiary/aromatic N) is 1. The number of carbonyl (C=O) groups excluding carboxylic acids is 1. The molecule has 4 heteroatoms. The first-order valence-electron chi connectivity index (χ1n) is 4.36. The third-order valence-corrected chi connectivity index (χ3v) is 2.12. The van der Waals surface area contributed by atoms with Crippen molar-refractivity contribution in [1.29, 1.82) is 0 Å². The smallest absolute Gasteiger partial charge is 0.218 e. The van der Waals surface area contributed by atoms with Crippen LogP contribution in [0.4, 0.5) is 0 Å². The monoisotopic (exact) mass is 171 g/mol. The van der Waals surface area contributed by atoms with Crippen LogP contribution >= 0.6 is 0 Å². The van der Waals surface area contributed by atoms with Gasteiger partial charge in [-0.1, -0.05) is 0 Å². The van der Waals surface area contributed by atoms with E-state index in [0.717, 1.165) is 19.0 Å². The van der Waals surface area contributed by atoms with Crippen molar-refractivity contribution >= 4 is 5.91 Å². The van der Waals surface area contributed by atoms with Gasteiger partial charge in [0, 0.05) is 32.6 Å². The van der Waals surface area contributed by atoms with Gasteiger partial charge in [-0.2, -0.15) is 0 Å². The number of carbonyl (C=O) groups is 1. The van der Waals surface area contributed by atoms with Crippen molar-refractivity contribution in [3.8, 4) is 0 Å². The molecule has 0 bridgehead atoms. The van der Waals surface area contributed by atoms with E-state index in [1.165, 1.54) is 13.1 Å². The van der Waals surface area contributed by atoms with E-state index < -0.39 is 0 Å². The number of nitrogens with two attached hydrogens (primary N) is 1. The first-order valence-corrected chi connectivity index (χ1v) is 4.36. The van der Waals surface area contributed by atoms with Gasteiger partial charge in [0.2, 0.25) is 5.91 Å². The van der Waals surface area contributed by atoms with Crippen LogP contribution < -0.4 is 11.1 Å². The number of rotatable bonds is 5. The average Bonchev–Trinajstić information content (AvgIpc) is 1.93. The molecule has 0 unspecified atom stereocenters. The van der Waals surface area contributed by atoms with Crippen LogP contribution in [0.15, 0.2) is 0 Å². The van der Waals surface area contributed by atoms with Gasteiger partial charge in [0.05, 0.1) is 0 Å². The Kier molecular flexibility index (Phi) is 3.49. The van der Waals surface area contributed by atoms with Crippen molar-refractivity contribution in [1.82, 2.24) is 10.2 Å². The number of amides is 1. The average molecular weight is 171 g/mol. The number of likely N-dealkylation sites (tertiary alicyclic amines) is 1. The Morgan fingerprint density at radius 2 is 2.33 bits per heavy atom. The predicted octanol–water partition coefficient (Wildman–Crippen LogP) is -0.987. The molecule has 1 heterocycles. The lowest BCUT2D eigenvalue weighted by molar-refractivity contribution is -0.117. The fourth-order valence-corrected chi connectivity index (χ4v) is 1.47. The van der Waals surface area contributed by atoms with Crippen LogP contribution in [-0.2, 0) is 4.79 Å². The maximum atomic E-state index is 10.4. The molecule has 1 aliphatic heterocycles. The van der Waals surface area contributed by atoms with Gasteiger partial charge in [0.15, 0.2) is 0 Å². The Bertz CT molecular complexity index is 154. The van der Waals surface area contributed by atoms with Gasteiger partial charge in [0.25, 0.3) is 0 Å². The van der Waals surface area contributed by atoms with E-state index in [4.69, 9.17) is 5.73 Å². The lowest BCUT2D eigenvalue weighted by Gasteiger charge is -2.36. The molecule has 1 amide bonds. The highest BCUT2D eigenvalue weighted by Crippen LogP contribution is 2.10. The molecule has 1 saturated heterocycles. The molecule has 0 saturated carbocycles. The van der Waals surface area contributed by atoms with E-state index in [0.29, 0.717) is 6.42 Å². The van der Waals surface area contributed by atoms with E-state index in [1.807, 2.05) is 0 Å². The van der Waals surface area contributed by atoms with Crippen LogP contribution in [0.5, 0.6) is 0 Å². The van der Waals surface area contributed by atoms with Gasteiger partial charge in [-0.3, -0.25) is 4.79 Å². The van der Waals surface area contributed by atoms with Crippen LogP contribution in [0.2, 0.25) is 0 Å². The number of nitrogens with one attached hydrogen (secondary N) is 1. The summed E-state index contributed by atoms with van der Waals surface area (Å²) in [5.41, 5.74) is 4.99. The van der Waals surface area contributed by atoms with E-state index in [9.17, 15) is 4.79 Å². The summed E-state index contributed by atoms with van der Waals surface area (Å²) in [7, 11) is 2.11. The summed E-state index contributed by atoms with van der Waals surface area (Å²) >= 11 is 0. The second-order valence-electron chi connectivity index (χ2n) is 3.51. The Hall–Kier alpha value is -0.610. The highest BCUT2D eigenvalue weighted by molar-refractivity contribution is 5.73. The molecule has 1 fully saturated rings. The summed E-state index contributed by atoms with van der Waals surface area (Å²) in [6.45, 7) is 4.07. The molecule has 3 N–H and O–H groups in total. The largest absolute Gasteiger partial charge is 0.370 e. The van der Waals surface area contributed by atoms with Crippen molar-refractivity contribution < 1.29 is 4.79 Å². The van der Waals surface area contributed by atoms with Crippen LogP contribution in [0.3, 0.4) is 0 Å². The minimum absolute atomic E-state index is 0.228. The third kappa shape index (κ3) is 3.19. The summed E-state index contributed by atoms with van der Waals surface area (Å²) < 4.78 is 0. The molecule has 0 radical (unpaired) electrons. The molecular weight excluding hydrogens is 154 g/mol. The molecule has 70 valence electrons. The van der Waals surface area contributed by atoms with Crippen molar-refractivity contribution in [2.24, 2.45) is 11.7 Å². The Morgan fingerprint density at radius 3 is 2.83 bits per heavy atom. The van der Waals surface area contributed by atoms with Crippen molar-refractivity contribution in [2.45, 2.75) is 6.42 Å². The molecule has 0 aliphatic carbocycles. The molecule has 0 atom stereocenters. The van der Waals surface area contributed by atoms with E-state index >= 15 is 0 Å². The van der Waals surface area contributed by atoms with E-state index in [1.54, 1.807) is 0 Å². The SMILES string of the molecule is CN1CC(CNCCC(N)=O)C1. The Balaban J connectivity index is 1.87. The lowest BCUT2D eigenvalue weighted by atomic mass is 10.0. The van der Waals surface area contributed by atoms with Crippen LogP contribution in [0.1, 0.15) is 6.42 Å². The van der Waals surface area contributed by atoms with Crippen LogP contribution in [0, 0.1) is 5.92 Å². The number of hydrogen-bond acceptors (Lipinski definition) is 3. The highest BCUT2D eigenvalue weighted by Gasteiger charge is 2.21. The zero-order chi connectivity index (χ0) is 8.97. The van der Waals surface area contributed by atoms with Crippen LogP contribution in [0.25, 0.3) is 0 Å². The van der Waals surface area contributed by atoms with Gasteiger partial charge in [-0.05, 0) is 13.0 Å². The fourth-order valence-electron chi connectivity index (χ4n) is 1.47. The molecule has 0 aromatic rings. The van der Waals surface area contributed by atoms with Crippen molar-refractivity contribution in [3.05, 3.63) is 0 Å². The summed E-state index contributed by atoms with van der Waals surface area (Å²) in [6.07, 6.45) is 0.447. The molecule has 4 nitrogen and oxygen atoms in total. The normalized spacial score (nSPS) is 19.1. The summed E-state index contributed by atoms with van der Waals surface area (Å²) in [6, 6.07) is 0. The van der Waals surface area contributed by atoms with Crippen LogP contribution in [-0.4, -0.2) is 44.0 Å². The van der Waals surface area contributed by atoms with Gasteiger partial charge < -0.3 is 16.0 Å². The standard InChI is InChI=1S/C8H17N3O/c1-11-5-7(6-11)4-10-3-2-8(9)12/h7,10H,2-6H2,1H3,(H2,9,12). The zero-order valence-electron chi connectivity index (χ0n) is 7.55. The van der Waals surface area contributed by atoms with E-state index in [-0.39, 0.29) is 5.91 Å². The first-order chi connectivity index (χ1) is 5.68. The second-order valence-corrected chi connectivity index (χ2v) is 3.51. The minimum Gasteiger partial charge on any atom is -0.370 e. The van der Waals surface area contributed by atoms with Gasteiger partial charge in [0.1, 0.15) is 0 Å². The first kappa shape index (κ1) is 9.48. The Morgan fingerprint density at radius 1 is 1.67 bits per heavy atom. The molecule has 0 aromatic heterocycles. The molecule has 0 spiro atoms. The fraction of sp³-hybridized carbons (Fsp3) is 0.875. The third-order valence-electron chi connectivity index (χ3n) is 2.12. The van der Waals surface area contributed by atoms with Gasteiger partial charge >= 0.3 is 0 Å². The molecule has 0 aromatic carbocycles. The topological polar surface area (TPSA) is 58.4 Å². The zero-order valence-corrected chi connectivity index (χ0v) is 7.55. The second kappa shape index (κ2) is 4.42. The minimum atomic E-state index is -0.228. The maximum Gasteiger partial charge on any atom is 0.218 e. The molecular formula is C8H17N3O. The molecule has 1 aliphatic rings. The summed E-state index contributed by atoms with van der Waals surface area (Å²) in [5, 5.41) is 3.21. The number of hydrogen-bond donors (Lipinski definition) is 2. The number of primary amides is 1. The quantitative estimate of drug-likeness (QED) is 0.522. The molecule has 1 rings (SSSR count). The van der Waals surface area contributed by atoms with Gasteiger partial charge in [-0.25, -0.2) is 0 Å².